The SMILES string of the molecule is C[n+]1ccn(-c2cnc(C(C)(C)C)nc2)c1. The van der Waals surface area contributed by atoms with E-state index in [1.54, 1.807) is 0 Å². The molecule has 0 aromatic carbocycles. The van der Waals surface area contributed by atoms with Crippen molar-refractivity contribution in [1.29, 1.82) is 0 Å². The van der Waals surface area contributed by atoms with Crippen molar-refractivity contribution < 1.29 is 4.57 Å². The zero-order chi connectivity index (χ0) is 11.8. The fourth-order valence-electron chi connectivity index (χ4n) is 1.44. The number of hydrogen-bond donors (Lipinski definition) is 0. The predicted octanol–water partition coefficient (Wildman–Crippen LogP) is 1.39. The van der Waals surface area contributed by atoms with Gasteiger partial charge in [-0.05, 0) is 0 Å². The molecule has 0 radical (unpaired) electrons. The predicted molar refractivity (Wildman–Crippen MR) is 61.2 cm³/mol. The molecule has 0 saturated carbocycles. The first-order chi connectivity index (χ1) is 7.47. The number of aryl methyl sites for hydroxylation is 1. The molecule has 4 heteroatoms. The van der Waals surface area contributed by atoms with Crippen LogP contribution in [0.3, 0.4) is 0 Å². The van der Waals surface area contributed by atoms with Gasteiger partial charge in [0.15, 0.2) is 5.69 Å². The normalized spacial score (nSPS) is 11.8. The molecule has 0 fully saturated rings. The summed E-state index contributed by atoms with van der Waals surface area (Å²) < 4.78 is 3.98. The first-order valence-corrected chi connectivity index (χ1v) is 5.33. The maximum absolute atomic E-state index is 4.39. The van der Waals surface area contributed by atoms with Gasteiger partial charge in [-0.2, -0.15) is 4.57 Å². The van der Waals surface area contributed by atoms with Crippen LogP contribution in [0.2, 0.25) is 0 Å². The molecule has 0 atom stereocenters. The Hall–Kier alpha value is -1.71. The zero-order valence-electron chi connectivity index (χ0n) is 10.2. The third-order valence-electron chi connectivity index (χ3n) is 2.38. The summed E-state index contributed by atoms with van der Waals surface area (Å²) in [5.74, 6) is 0.868. The monoisotopic (exact) mass is 217 g/mol. The molecule has 84 valence electrons. The summed E-state index contributed by atoms with van der Waals surface area (Å²) in [7, 11) is 1.99. The maximum atomic E-state index is 4.39. The Balaban J connectivity index is 2.33. The number of aromatic nitrogens is 4. The lowest BCUT2D eigenvalue weighted by Gasteiger charge is -2.15. The summed E-state index contributed by atoms with van der Waals surface area (Å²) in [6.07, 6.45) is 9.66. The summed E-state index contributed by atoms with van der Waals surface area (Å²) in [5.41, 5.74) is 0.980. The van der Waals surface area contributed by atoms with Gasteiger partial charge >= 0.3 is 0 Å². The molecule has 16 heavy (non-hydrogen) atoms. The lowest BCUT2D eigenvalue weighted by Crippen LogP contribution is -2.23. The standard InChI is InChI=1S/C12H17N4/c1-12(2,3)11-13-7-10(8-14-11)16-6-5-15(4)9-16/h5-9H,1-4H3/q+1. The van der Waals surface area contributed by atoms with Crippen molar-refractivity contribution in [2.75, 3.05) is 0 Å². The Labute approximate surface area is 95.6 Å². The number of hydrogen-bond acceptors (Lipinski definition) is 2. The molecule has 0 aliphatic heterocycles. The Bertz CT molecular complexity index is 476. The molecule has 0 unspecified atom stereocenters. The van der Waals surface area contributed by atoms with E-state index in [0.29, 0.717) is 0 Å². The van der Waals surface area contributed by atoms with E-state index >= 15 is 0 Å². The summed E-state index contributed by atoms with van der Waals surface area (Å²) >= 11 is 0. The lowest BCUT2D eigenvalue weighted by atomic mass is 9.96. The van der Waals surface area contributed by atoms with Crippen molar-refractivity contribution in [3.63, 3.8) is 0 Å². The lowest BCUT2D eigenvalue weighted by molar-refractivity contribution is -0.670. The minimum Gasteiger partial charge on any atom is -0.239 e. The van der Waals surface area contributed by atoms with Gasteiger partial charge in [0.2, 0.25) is 6.33 Å². The Morgan fingerprint density at radius 3 is 2.25 bits per heavy atom. The quantitative estimate of drug-likeness (QED) is 0.676. The fourth-order valence-corrected chi connectivity index (χ4v) is 1.44. The topological polar surface area (TPSA) is 34.6 Å². The van der Waals surface area contributed by atoms with Gasteiger partial charge in [-0.1, -0.05) is 20.8 Å². The third kappa shape index (κ3) is 2.10. The van der Waals surface area contributed by atoms with Gasteiger partial charge < -0.3 is 0 Å². The van der Waals surface area contributed by atoms with Crippen LogP contribution in [-0.4, -0.2) is 14.5 Å². The molecular weight excluding hydrogens is 200 g/mol. The Morgan fingerprint density at radius 2 is 1.81 bits per heavy atom. The van der Waals surface area contributed by atoms with Gasteiger partial charge in [-0.3, -0.25) is 0 Å². The van der Waals surface area contributed by atoms with Crippen molar-refractivity contribution in [1.82, 2.24) is 14.5 Å². The van der Waals surface area contributed by atoms with Crippen LogP contribution < -0.4 is 4.57 Å². The summed E-state index contributed by atoms with van der Waals surface area (Å²) in [5, 5.41) is 0. The van der Waals surface area contributed by atoms with E-state index in [-0.39, 0.29) is 5.41 Å². The van der Waals surface area contributed by atoms with E-state index in [0.717, 1.165) is 11.5 Å². The van der Waals surface area contributed by atoms with Gasteiger partial charge in [0.25, 0.3) is 0 Å². The van der Waals surface area contributed by atoms with Crippen molar-refractivity contribution in [3.8, 4) is 5.69 Å². The zero-order valence-corrected chi connectivity index (χ0v) is 10.2. The molecule has 0 saturated heterocycles. The summed E-state index contributed by atoms with van der Waals surface area (Å²) in [4.78, 5) is 8.79. The molecule has 0 aliphatic carbocycles. The van der Waals surface area contributed by atoms with E-state index in [1.165, 1.54) is 0 Å². The van der Waals surface area contributed by atoms with Crippen molar-refractivity contribution >= 4 is 0 Å². The van der Waals surface area contributed by atoms with Crippen LogP contribution in [0.15, 0.2) is 31.1 Å². The molecule has 2 rings (SSSR count). The molecule has 4 nitrogen and oxygen atoms in total. The van der Waals surface area contributed by atoms with Crippen LogP contribution in [0.1, 0.15) is 26.6 Å². The van der Waals surface area contributed by atoms with Crippen molar-refractivity contribution in [2.24, 2.45) is 7.05 Å². The second kappa shape index (κ2) is 3.70. The molecule has 2 aromatic rings. The highest BCUT2D eigenvalue weighted by molar-refractivity contribution is 5.25. The highest BCUT2D eigenvalue weighted by atomic mass is 15.1. The van der Waals surface area contributed by atoms with E-state index < -0.39 is 0 Å². The first kappa shape index (κ1) is 10.8. The molecular formula is C12H17N4+. The number of imidazole rings is 1. The average Bonchev–Trinajstić information content (AvgIpc) is 2.64. The van der Waals surface area contributed by atoms with Crippen LogP contribution in [0.5, 0.6) is 0 Å². The first-order valence-electron chi connectivity index (χ1n) is 5.33. The Morgan fingerprint density at radius 1 is 1.19 bits per heavy atom. The molecule has 0 aliphatic rings. The molecule has 2 aromatic heterocycles. The van der Waals surface area contributed by atoms with Gasteiger partial charge in [0, 0.05) is 5.41 Å². The van der Waals surface area contributed by atoms with E-state index in [9.17, 15) is 0 Å². The van der Waals surface area contributed by atoms with Crippen LogP contribution in [0, 0.1) is 0 Å². The van der Waals surface area contributed by atoms with Gasteiger partial charge in [0.05, 0.1) is 19.4 Å². The van der Waals surface area contributed by atoms with E-state index in [1.807, 2.05) is 47.3 Å². The molecule has 0 bridgehead atoms. The van der Waals surface area contributed by atoms with Crippen LogP contribution in [0.25, 0.3) is 5.69 Å². The fraction of sp³-hybridized carbons (Fsp3) is 0.417. The smallest absolute Gasteiger partial charge is 0.239 e. The molecule has 2 heterocycles. The third-order valence-corrected chi connectivity index (χ3v) is 2.38. The Kier molecular flexibility index (Phi) is 2.50. The van der Waals surface area contributed by atoms with E-state index in [2.05, 4.69) is 30.7 Å². The van der Waals surface area contributed by atoms with Gasteiger partial charge in [-0.15, -0.1) is 0 Å². The van der Waals surface area contributed by atoms with Gasteiger partial charge in [-0.25, -0.2) is 14.5 Å². The highest BCUT2D eigenvalue weighted by Crippen LogP contribution is 2.17. The second-order valence-corrected chi connectivity index (χ2v) is 5.00. The minimum atomic E-state index is -0.000115. The second-order valence-electron chi connectivity index (χ2n) is 5.00. The largest absolute Gasteiger partial charge is 0.248 e. The van der Waals surface area contributed by atoms with Crippen molar-refractivity contribution in [2.45, 2.75) is 26.2 Å². The van der Waals surface area contributed by atoms with Gasteiger partial charge in [0.1, 0.15) is 18.2 Å². The van der Waals surface area contributed by atoms with Crippen LogP contribution >= 0.6 is 0 Å². The van der Waals surface area contributed by atoms with Crippen LogP contribution in [0.4, 0.5) is 0 Å². The maximum Gasteiger partial charge on any atom is 0.248 e. The minimum absolute atomic E-state index is 0.000115. The number of nitrogens with zero attached hydrogens (tertiary/aromatic N) is 4. The summed E-state index contributed by atoms with van der Waals surface area (Å²) in [6, 6.07) is 0. The molecule has 0 spiro atoms. The van der Waals surface area contributed by atoms with E-state index in [4.69, 9.17) is 0 Å². The molecule has 0 amide bonds. The molecule has 0 N–H and O–H groups in total. The van der Waals surface area contributed by atoms with Crippen LogP contribution in [-0.2, 0) is 12.5 Å². The highest BCUT2D eigenvalue weighted by Gasteiger charge is 2.17. The number of rotatable bonds is 1. The van der Waals surface area contributed by atoms with Crippen molar-refractivity contribution in [3.05, 3.63) is 36.9 Å². The summed E-state index contributed by atoms with van der Waals surface area (Å²) in [6.45, 7) is 6.33. The average molecular weight is 217 g/mol.